The summed E-state index contributed by atoms with van der Waals surface area (Å²) >= 11 is 0. The SMILES string of the molecule is CCOC(O)c1cc2ccc(OC3CCN(C(C)C)CC3)cc2[nH]1. The first-order valence-electron chi connectivity index (χ1n) is 8.90. The maximum Gasteiger partial charge on any atom is 0.196 e. The van der Waals surface area contributed by atoms with Crippen molar-refractivity contribution in [1.29, 1.82) is 0 Å². The number of benzene rings is 1. The first-order valence-corrected chi connectivity index (χ1v) is 8.90. The maximum absolute atomic E-state index is 9.93. The Morgan fingerprint density at radius 3 is 2.67 bits per heavy atom. The van der Waals surface area contributed by atoms with Gasteiger partial charge in [0.05, 0.1) is 5.69 Å². The van der Waals surface area contributed by atoms with Crippen LogP contribution in [0.3, 0.4) is 0 Å². The molecule has 0 amide bonds. The van der Waals surface area contributed by atoms with Gasteiger partial charge < -0.3 is 24.5 Å². The molecule has 1 aromatic heterocycles. The molecule has 1 aromatic carbocycles. The fourth-order valence-electron chi connectivity index (χ4n) is 3.29. The van der Waals surface area contributed by atoms with E-state index in [1.54, 1.807) is 0 Å². The minimum absolute atomic E-state index is 0.279. The van der Waals surface area contributed by atoms with Gasteiger partial charge in [-0.15, -0.1) is 0 Å². The summed E-state index contributed by atoms with van der Waals surface area (Å²) in [4.78, 5) is 5.71. The van der Waals surface area contributed by atoms with Crippen molar-refractivity contribution in [2.24, 2.45) is 0 Å². The largest absolute Gasteiger partial charge is 0.490 e. The van der Waals surface area contributed by atoms with E-state index < -0.39 is 6.29 Å². The van der Waals surface area contributed by atoms with E-state index in [2.05, 4.69) is 23.7 Å². The van der Waals surface area contributed by atoms with Gasteiger partial charge in [-0.2, -0.15) is 0 Å². The molecule has 5 heteroatoms. The molecular weight excluding hydrogens is 304 g/mol. The number of hydrogen-bond donors (Lipinski definition) is 2. The third-order valence-electron chi connectivity index (χ3n) is 4.71. The summed E-state index contributed by atoms with van der Waals surface area (Å²) in [5.41, 5.74) is 1.63. The van der Waals surface area contributed by atoms with Crippen LogP contribution in [-0.4, -0.2) is 46.8 Å². The molecule has 24 heavy (non-hydrogen) atoms. The van der Waals surface area contributed by atoms with E-state index in [0.717, 1.165) is 42.6 Å². The molecule has 0 saturated carbocycles. The number of ether oxygens (including phenoxy) is 2. The van der Waals surface area contributed by atoms with E-state index in [-0.39, 0.29) is 6.10 Å². The van der Waals surface area contributed by atoms with E-state index in [9.17, 15) is 5.11 Å². The monoisotopic (exact) mass is 332 g/mol. The maximum atomic E-state index is 9.93. The molecule has 2 heterocycles. The Bertz CT molecular complexity index is 660. The van der Waals surface area contributed by atoms with Crippen LogP contribution in [0.1, 0.15) is 45.6 Å². The van der Waals surface area contributed by atoms with Crippen molar-refractivity contribution in [1.82, 2.24) is 9.88 Å². The van der Waals surface area contributed by atoms with Gasteiger partial charge in [-0.05, 0) is 51.8 Å². The molecule has 132 valence electrons. The van der Waals surface area contributed by atoms with Crippen LogP contribution in [0.5, 0.6) is 5.75 Å². The van der Waals surface area contributed by atoms with Crippen LogP contribution < -0.4 is 4.74 Å². The highest BCUT2D eigenvalue weighted by atomic mass is 16.6. The van der Waals surface area contributed by atoms with Crippen LogP contribution in [0.15, 0.2) is 24.3 Å². The van der Waals surface area contributed by atoms with Crippen molar-refractivity contribution in [2.75, 3.05) is 19.7 Å². The van der Waals surface area contributed by atoms with Crippen molar-refractivity contribution in [3.63, 3.8) is 0 Å². The number of likely N-dealkylation sites (tertiary alicyclic amines) is 1. The Labute approximate surface area is 143 Å². The first kappa shape index (κ1) is 17.3. The molecule has 2 N–H and O–H groups in total. The molecule has 1 aliphatic rings. The van der Waals surface area contributed by atoms with E-state index in [4.69, 9.17) is 9.47 Å². The Kier molecular flexibility index (Phi) is 5.43. The van der Waals surface area contributed by atoms with Crippen molar-refractivity contribution in [3.8, 4) is 5.75 Å². The van der Waals surface area contributed by atoms with Crippen molar-refractivity contribution in [3.05, 3.63) is 30.0 Å². The second-order valence-electron chi connectivity index (χ2n) is 6.73. The summed E-state index contributed by atoms with van der Waals surface area (Å²) < 4.78 is 11.4. The number of aromatic amines is 1. The molecule has 3 rings (SSSR count). The fourth-order valence-corrected chi connectivity index (χ4v) is 3.29. The van der Waals surface area contributed by atoms with E-state index in [1.165, 1.54) is 0 Å². The molecular formula is C19H28N2O3. The Morgan fingerprint density at radius 1 is 1.25 bits per heavy atom. The van der Waals surface area contributed by atoms with Crippen LogP contribution in [-0.2, 0) is 4.74 Å². The lowest BCUT2D eigenvalue weighted by atomic mass is 10.1. The van der Waals surface area contributed by atoms with Crippen LogP contribution in [0.2, 0.25) is 0 Å². The quantitative estimate of drug-likeness (QED) is 0.796. The summed E-state index contributed by atoms with van der Waals surface area (Å²) in [5.74, 6) is 0.879. The number of rotatable bonds is 6. The smallest absolute Gasteiger partial charge is 0.196 e. The standard InChI is InChI=1S/C19H28N2O3/c1-4-23-19(22)18-11-14-5-6-16(12-17(14)20-18)24-15-7-9-21(10-8-15)13(2)3/h5-6,11-13,15,19-20,22H,4,7-10H2,1-3H3. The predicted molar refractivity (Wildman–Crippen MR) is 95.2 cm³/mol. The van der Waals surface area contributed by atoms with Gasteiger partial charge in [0, 0.05) is 42.7 Å². The van der Waals surface area contributed by atoms with Crippen molar-refractivity contribution in [2.45, 2.75) is 52.0 Å². The summed E-state index contributed by atoms with van der Waals surface area (Å²) in [6, 6.07) is 8.55. The molecule has 1 saturated heterocycles. The molecule has 0 bridgehead atoms. The molecule has 0 spiro atoms. The van der Waals surface area contributed by atoms with Gasteiger partial charge in [0.15, 0.2) is 6.29 Å². The number of H-pyrrole nitrogens is 1. The molecule has 1 aliphatic heterocycles. The summed E-state index contributed by atoms with van der Waals surface area (Å²) in [6.45, 7) is 9.02. The van der Waals surface area contributed by atoms with Crippen molar-refractivity contribution >= 4 is 10.9 Å². The molecule has 0 radical (unpaired) electrons. The first-order chi connectivity index (χ1) is 11.6. The van der Waals surface area contributed by atoms with Gasteiger partial charge in [0.25, 0.3) is 0 Å². The average Bonchev–Trinajstić information content (AvgIpc) is 2.99. The molecule has 5 nitrogen and oxygen atoms in total. The topological polar surface area (TPSA) is 57.7 Å². The third-order valence-corrected chi connectivity index (χ3v) is 4.71. The second-order valence-corrected chi connectivity index (χ2v) is 6.73. The zero-order valence-corrected chi connectivity index (χ0v) is 14.8. The lowest BCUT2D eigenvalue weighted by Gasteiger charge is -2.34. The van der Waals surface area contributed by atoms with Gasteiger partial charge in [-0.3, -0.25) is 0 Å². The number of piperidine rings is 1. The molecule has 1 unspecified atom stereocenters. The fraction of sp³-hybridized carbons (Fsp3) is 0.579. The average molecular weight is 332 g/mol. The summed E-state index contributed by atoms with van der Waals surface area (Å²) in [5, 5.41) is 11.0. The minimum atomic E-state index is -0.910. The van der Waals surface area contributed by atoms with E-state index in [0.29, 0.717) is 18.3 Å². The van der Waals surface area contributed by atoms with Gasteiger partial charge >= 0.3 is 0 Å². The van der Waals surface area contributed by atoms with E-state index in [1.807, 2.05) is 31.2 Å². The zero-order valence-electron chi connectivity index (χ0n) is 14.8. The number of aliphatic hydroxyl groups excluding tert-OH is 1. The van der Waals surface area contributed by atoms with Crippen LogP contribution >= 0.6 is 0 Å². The minimum Gasteiger partial charge on any atom is -0.490 e. The molecule has 2 aromatic rings. The van der Waals surface area contributed by atoms with Crippen molar-refractivity contribution < 1.29 is 14.6 Å². The van der Waals surface area contributed by atoms with Crippen LogP contribution in [0, 0.1) is 0 Å². The zero-order chi connectivity index (χ0) is 17.1. The normalized spacial score (nSPS) is 18.4. The Morgan fingerprint density at radius 2 is 2.00 bits per heavy atom. The van der Waals surface area contributed by atoms with E-state index >= 15 is 0 Å². The summed E-state index contributed by atoms with van der Waals surface area (Å²) in [7, 11) is 0. The number of hydrogen-bond acceptors (Lipinski definition) is 4. The summed E-state index contributed by atoms with van der Waals surface area (Å²) in [6.07, 6.45) is 1.50. The second kappa shape index (κ2) is 7.55. The number of fused-ring (bicyclic) bond motifs is 1. The highest BCUT2D eigenvalue weighted by molar-refractivity contribution is 5.81. The van der Waals surface area contributed by atoms with Gasteiger partial charge in [0.1, 0.15) is 11.9 Å². The number of nitrogens with one attached hydrogen (secondary N) is 1. The highest BCUT2D eigenvalue weighted by Gasteiger charge is 2.22. The van der Waals surface area contributed by atoms with Gasteiger partial charge in [-0.25, -0.2) is 0 Å². The lowest BCUT2D eigenvalue weighted by Crippen LogP contribution is -2.41. The number of nitrogens with zero attached hydrogens (tertiary/aromatic N) is 1. The van der Waals surface area contributed by atoms with Crippen LogP contribution in [0.4, 0.5) is 0 Å². The lowest BCUT2D eigenvalue weighted by molar-refractivity contribution is -0.100. The molecule has 1 atom stereocenters. The number of aromatic nitrogens is 1. The van der Waals surface area contributed by atoms with Gasteiger partial charge in [0.2, 0.25) is 0 Å². The number of aliphatic hydroxyl groups is 1. The Hall–Kier alpha value is -1.56. The Balaban J connectivity index is 1.65. The van der Waals surface area contributed by atoms with Gasteiger partial charge in [-0.1, -0.05) is 0 Å². The molecule has 1 fully saturated rings. The van der Waals surface area contributed by atoms with Crippen LogP contribution in [0.25, 0.3) is 10.9 Å². The third kappa shape index (κ3) is 3.91. The predicted octanol–water partition coefficient (Wildman–Crippen LogP) is 3.45. The molecule has 0 aliphatic carbocycles. The highest BCUT2D eigenvalue weighted by Crippen LogP contribution is 2.26.